The molecule has 2 aliphatic carbocycles. The van der Waals surface area contributed by atoms with Crippen molar-refractivity contribution in [1.82, 2.24) is 9.88 Å². The highest BCUT2D eigenvalue weighted by Gasteiger charge is 2.48. The van der Waals surface area contributed by atoms with E-state index in [0.29, 0.717) is 5.92 Å². The fourth-order valence-electron chi connectivity index (χ4n) is 11.2. The van der Waals surface area contributed by atoms with Crippen LogP contribution in [0.2, 0.25) is 0 Å². The van der Waals surface area contributed by atoms with Crippen LogP contribution in [-0.4, -0.2) is 22.5 Å². The van der Waals surface area contributed by atoms with E-state index in [9.17, 15) is 0 Å². The second-order valence-electron chi connectivity index (χ2n) is 17.8. The normalized spacial score (nSPS) is 22.7. The molecule has 5 aliphatic rings. The molecule has 8 aromatic rings. The first-order valence-electron chi connectivity index (χ1n) is 22.4. The number of aromatic nitrogens is 1. The molecule has 5 unspecified atom stereocenters. The van der Waals surface area contributed by atoms with Gasteiger partial charge in [-0.15, -0.1) is 0 Å². The third-order valence-electron chi connectivity index (χ3n) is 14.2. The number of anilines is 4. The lowest BCUT2D eigenvalue weighted by atomic mass is 9.75. The number of para-hydroxylation sites is 3. The molecule has 0 saturated carbocycles. The molecule has 3 aliphatic heterocycles. The molecule has 4 heterocycles. The van der Waals surface area contributed by atoms with Crippen molar-refractivity contribution in [2.24, 2.45) is 4.99 Å². The van der Waals surface area contributed by atoms with Crippen LogP contribution in [-0.2, 0) is 5.41 Å². The first-order chi connectivity index (χ1) is 31.6. The van der Waals surface area contributed by atoms with Crippen LogP contribution in [0.15, 0.2) is 230 Å². The van der Waals surface area contributed by atoms with E-state index >= 15 is 0 Å². The van der Waals surface area contributed by atoms with Crippen LogP contribution in [0.25, 0.3) is 33.2 Å². The van der Waals surface area contributed by atoms with Crippen molar-refractivity contribution < 1.29 is 0 Å². The predicted octanol–water partition coefficient (Wildman–Crippen LogP) is 13.5. The van der Waals surface area contributed by atoms with Crippen molar-refractivity contribution in [3.8, 4) is 0 Å². The fraction of sp³-hybridized carbons (Fsp3) is 0.102. The van der Waals surface area contributed by atoms with Crippen molar-refractivity contribution in [2.75, 3.05) is 9.80 Å². The van der Waals surface area contributed by atoms with Crippen LogP contribution in [0.5, 0.6) is 0 Å². The fourth-order valence-corrected chi connectivity index (χ4v) is 11.2. The lowest BCUT2D eigenvalue weighted by molar-refractivity contribution is 0.550. The van der Waals surface area contributed by atoms with E-state index < -0.39 is 0 Å². The minimum absolute atomic E-state index is 0.0387. The van der Waals surface area contributed by atoms with Gasteiger partial charge in [0.25, 0.3) is 0 Å². The molecule has 306 valence electrons. The molecule has 0 saturated heterocycles. The summed E-state index contributed by atoms with van der Waals surface area (Å²) in [6.45, 7) is 2.44. The summed E-state index contributed by atoms with van der Waals surface area (Å²) in [5.74, 6) is 1.18. The molecule has 7 aromatic carbocycles. The summed E-state index contributed by atoms with van der Waals surface area (Å²) < 4.78 is 2.46. The zero-order valence-electron chi connectivity index (χ0n) is 35.5. The van der Waals surface area contributed by atoms with Crippen molar-refractivity contribution in [2.45, 2.75) is 36.4 Å². The minimum Gasteiger partial charge on any atom is -0.340 e. The second kappa shape index (κ2) is 14.3. The Hall–Kier alpha value is -7.89. The highest BCUT2D eigenvalue weighted by molar-refractivity contribution is 6.10. The van der Waals surface area contributed by atoms with Crippen molar-refractivity contribution in [1.29, 1.82) is 0 Å². The topological polar surface area (TPSA) is 35.8 Å². The first-order valence-corrected chi connectivity index (χ1v) is 22.4. The van der Waals surface area contributed by atoms with Gasteiger partial charge in [0.1, 0.15) is 5.84 Å². The molecule has 5 heteroatoms. The molecule has 0 amide bonds. The number of benzene rings is 7. The lowest BCUT2D eigenvalue weighted by Crippen LogP contribution is -2.40. The summed E-state index contributed by atoms with van der Waals surface area (Å²) in [7, 11) is 0. The third-order valence-corrected chi connectivity index (χ3v) is 14.2. The van der Waals surface area contributed by atoms with E-state index in [4.69, 9.17) is 4.99 Å². The maximum atomic E-state index is 5.29. The summed E-state index contributed by atoms with van der Waals surface area (Å²) in [6.07, 6.45) is 18.7. The zero-order chi connectivity index (χ0) is 42.4. The van der Waals surface area contributed by atoms with Gasteiger partial charge in [-0.1, -0.05) is 146 Å². The number of nitrogens with zero attached hydrogens (tertiary/aromatic N) is 4. The molecular formula is C59H45N5. The van der Waals surface area contributed by atoms with Crippen LogP contribution in [0.4, 0.5) is 22.7 Å². The average molecular weight is 824 g/mol. The van der Waals surface area contributed by atoms with Gasteiger partial charge in [-0.3, -0.25) is 4.99 Å². The monoisotopic (exact) mass is 823 g/mol. The predicted molar refractivity (Wildman–Crippen MR) is 266 cm³/mol. The number of nitrogens with one attached hydrogen (secondary N) is 1. The summed E-state index contributed by atoms with van der Waals surface area (Å²) in [6, 6.07) is 64.1. The maximum Gasteiger partial charge on any atom is 0.133 e. The van der Waals surface area contributed by atoms with Gasteiger partial charge in [0, 0.05) is 61.8 Å². The van der Waals surface area contributed by atoms with Crippen LogP contribution in [0.3, 0.4) is 0 Å². The Kier molecular flexibility index (Phi) is 8.23. The molecule has 64 heavy (non-hydrogen) atoms. The summed E-state index contributed by atoms with van der Waals surface area (Å²) in [5, 5.41) is 6.25. The molecule has 5 atom stereocenters. The highest BCUT2D eigenvalue weighted by Crippen LogP contribution is 2.56. The molecule has 0 spiro atoms. The first kappa shape index (κ1) is 36.7. The number of amidine groups is 1. The van der Waals surface area contributed by atoms with Gasteiger partial charge >= 0.3 is 0 Å². The minimum atomic E-state index is -0.366. The van der Waals surface area contributed by atoms with E-state index in [1.54, 1.807) is 0 Å². The molecule has 13 rings (SSSR count). The van der Waals surface area contributed by atoms with E-state index in [0.717, 1.165) is 28.3 Å². The van der Waals surface area contributed by atoms with Crippen LogP contribution >= 0.6 is 0 Å². The third kappa shape index (κ3) is 5.60. The molecule has 0 bridgehead atoms. The van der Waals surface area contributed by atoms with Crippen LogP contribution < -0.4 is 15.1 Å². The second-order valence-corrected chi connectivity index (χ2v) is 17.8. The Balaban J connectivity index is 0.934. The van der Waals surface area contributed by atoms with Crippen molar-refractivity contribution in [3.05, 3.63) is 252 Å². The summed E-state index contributed by atoms with van der Waals surface area (Å²) in [5.41, 5.74) is 15.2. The van der Waals surface area contributed by atoms with Gasteiger partial charge in [-0.05, 0) is 108 Å². The SMILES string of the molecule is CC12C=C(n3c4ccccc4c4ccccc43)C=CC1N(c1ccc(C3=NC(c4ccccc4)C=C(c4ccccc4)N3)cc1)c1ccc(N3c4ccccc4C4C=CC=CC43)cc12. The molecule has 1 N–H and O–H groups in total. The van der Waals surface area contributed by atoms with E-state index in [1.165, 1.54) is 61.3 Å². The largest absolute Gasteiger partial charge is 0.340 e. The molecular weight excluding hydrogens is 779 g/mol. The molecule has 0 fully saturated rings. The van der Waals surface area contributed by atoms with Crippen LogP contribution in [0.1, 0.15) is 46.7 Å². The summed E-state index contributed by atoms with van der Waals surface area (Å²) in [4.78, 5) is 10.4. The number of rotatable bonds is 6. The highest BCUT2D eigenvalue weighted by atomic mass is 15.2. The van der Waals surface area contributed by atoms with E-state index in [-0.39, 0.29) is 23.5 Å². The van der Waals surface area contributed by atoms with E-state index in [1.807, 2.05) is 0 Å². The Morgan fingerprint density at radius 1 is 0.578 bits per heavy atom. The van der Waals surface area contributed by atoms with Gasteiger partial charge < -0.3 is 19.7 Å². The Labute approximate surface area is 373 Å². The molecule has 5 nitrogen and oxygen atoms in total. The van der Waals surface area contributed by atoms with Gasteiger partial charge in [0.15, 0.2) is 0 Å². The zero-order valence-corrected chi connectivity index (χ0v) is 35.5. The van der Waals surface area contributed by atoms with Gasteiger partial charge in [-0.2, -0.15) is 0 Å². The van der Waals surface area contributed by atoms with Crippen molar-refractivity contribution >= 4 is 61.8 Å². The summed E-state index contributed by atoms with van der Waals surface area (Å²) >= 11 is 0. The van der Waals surface area contributed by atoms with Crippen molar-refractivity contribution in [3.63, 3.8) is 0 Å². The maximum absolute atomic E-state index is 5.29. The molecule has 1 aromatic heterocycles. The van der Waals surface area contributed by atoms with Gasteiger partial charge in [0.05, 0.1) is 29.2 Å². The van der Waals surface area contributed by atoms with Gasteiger partial charge in [0.2, 0.25) is 0 Å². The average Bonchev–Trinajstić information content (AvgIpc) is 3.97. The quantitative estimate of drug-likeness (QED) is 0.181. The number of aliphatic imine (C=N–C) groups is 1. The number of hydrogen-bond acceptors (Lipinski definition) is 4. The molecule has 0 radical (unpaired) electrons. The van der Waals surface area contributed by atoms with Gasteiger partial charge in [-0.25, -0.2) is 0 Å². The van der Waals surface area contributed by atoms with E-state index in [2.05, 4.69) is 251 Å². The smallest absolute Gasteiger partial charge is 0.133 e. The lowest BCUT2D eigenvalue weighted by Gasteiger charge is -2.36. The number of hydrogen-bond donors (Lipinski definition) is 1. The number of allylic oxidation sites excluding steroid dienone is 4. The standard InChI is InChI=1S/C59H45N5/c1-59-38-44(63-54-26-14-10-22-47(54)48-23-11-15-27-55(48)63)33-35-57(59)64(56-34-32-43(36-49(56)59)62-52-24-12-8-20-45(52)46-21-9-13-25-53(46)62)42-30-28-41(29-31-42)58-60-50(39-16-4-2-5-17-39)37-51(61-58)40-18-6-3-7-19-40/h2-38,45,50,52,57H,1H3,(H,60,61). The number of fused-ring (bicyclic) bond motifs is 9. The Morgan fingerprint density at radius 2 is 1.25 bits per heavy atom. The Bertz CT molecular complexity index is 3300. The van der Waals surface area contributed by atoms with Crippen LogP contribution in [0, 0.1) is 0 Å². The Morgan fingerprint density at radius 3 is 2.03 bits per heavy atom.